The van der Waals surface area contributed by atoms with Gasteiger partial charge in [-0.15, -0.1) is 0 Å². The largest absolute Gasteiger partial charge is 0.491 e. The van der Waals surface area contributed by atoms with Gasteiger partial charge in [0.05, 0.1) is 0 Å². The molecule has 2 nitrogen and oxygen atoms in total. The van der Waals surface area contributed by atoms with Crippen molar-refractivity contribution in [3.05, 3.63) is 42.1 Å². The van der Waals surface area contributed by atoms with Crippen LogP contribution in [0.5, 0.6) is 5.75 Å². The number of hydrogen-bond acceptors (Lipinski definition) is 2. The van der Waals surface area contributed by atoms with Crippen LogP contribution in [-0.4, -0.2) is 13.3 Å². The Bertz CT molecular complexity index is 321. The average molecular weight is 223 g/mol. The second-order valence-corrected chi connectivity index (χ2v) is 3.69. The van der Waals surface area contributed by atoms with E-state index in [1.165, 1.54) is 5.56 Å². The Balaban J connectivity index is 2.36. The van der Waals surface area contributed by atoms with Crippen LogP contribution in [0.15, 0.2) is 36.5 Å². The first-order valence-electron chi connectivity index (χ1n) is 5.43. The molecule has 0 fully saturated rings. The van der Waals surface area contributed by atoms with Crippen molar-refractivity contribution in [1.82, 2.24) is 0 Å². The Morgan fingerprint density at radius 1 is 1.31 bits per heavy atom. The highest BCUT2D eigenvalue weighted by Crippen LogP contribution is 2.14. The Labute approximate surface area is 95.9 Å². The normalized spacial score (nSPS) is 10.1. The number of hydrogen-bond donors (Lipinski definition) is 1. The molecule has 0 spiro atoms. The first kappa shape index (κ1) is 12.6. The van der Waals surface area contributed by atoms with E-state index >= 15 is 0 Å². The van der Waals surface area contributed by atoms with Crippen molar-refractivity contribution in [2.45, 2.75) is 19.3 Å². The summed E-state index contributed by atoms with van der Waals surface area (Å²) < 4.78 is 17.0. The number of alkyl halides is 1. The molecule has 0 bridgehead atoms. The zero-order valence-electron chi connectivity index (χ0n) is 9.42. The lowest BCUT2D eigenvalue weighted by atomic mass is 10.1. The molecule has 1 rings (SSSR count). The molecule has 16 heavy (non-hydrogen) atoms. The maximum absolute atomic E-state index is 11.9. The van der Waals surface area contributed by atoms with Gasteiger partial charge in [-0.3, -0.25) is 0 Å². The second-order valence-electron chi connectivity index (χ2n) is 3.69. The number of halogens is 1. The summed E-state index contributed by atoms with van der Waals surface area (Å²) in [7, 11) is 0. The average Bonchev–Trinajstić information content (AvgIpc) is 2.27. The van der Waals surface area contributed by atoms with E-state index in [2.05, 4.69) is 6.58 Å². The van der Waals surface area contributed by atoms with E-state index < -0.39 is 6.67 Å². The Morgan fingerprint density at radius 3 is 2.56 bits per heavy atom. The summed E-state index contributed by atoms with van der Waals surface area (Å²) in [5.41, 5.74) is 7.44. The lowest BCUT2D eigenvalue weighted by Crippen LogP contribution is -1.99. The van der Waals surface area contributed by atoms with Crippen LogP contribution < -0.4 is 10.5 Å². The number of aryl methyl sites for hydroxylation is 1. The summed E-state index contributed by atoms with van der Waals surface area (Å²) >= 11 is 0. The van der Waals surface area contributed by atoms with Gasteiger partial charge >= 0.3 is 0 Å². The highest BCUT2D eigenvalue weighted by molar-refractivity contribution is 5.27. The number of rotatable bonds is 7. The van der Waals surface area contributed by atoms with Crippen LogP contribution in [0.25, 0.3) is 0 Å². The van der Waals surface area contributed by atoms with Gasteiger partial charge in [-0.1, -0.05) is 18.7 Å². The van der Waals surface area contributed by atoms with E-state index in [0.29, 0.717) is 5.75 Å². The Hall–Kier alpha value is -1.51. The van der Waals surface area contributed by atoms with Crippen molar-refractivity contribution < 1.29 is 9.13 Å². The molecule has 0 amide bonds. The lowest BCUT2D eigenvalue weighted by Gasteiger charge is -2.05. The molecule has 0 heterocycles. The molecule has 2 N–H and O–H groups in total. The number of allylic oxidation sites excluding steroid dienone is 1. The van der Waals surface area contributed by atoms with Crippen molar-refractivity contribution in [2.24, 2.45) is 5.73 Å². The van der Waals surface area contributed by atoms with E-state index in [1.807, 2.05) is 24.3 Å². The summed E-state index contributed by atoms with van der Waals surface area (Å²) in [6, 6.07) is 7.71. The van der Waals surface area contributed by atoms with Crippen LogP contribution in [-0.2, 0) is 6.42 Å². The van der Waals surface area contributed by atoms with Crippen LogP contribution in [0.2, 0.25) is 0 Å². The Morgan fingerprint density at radius 2 is 2.00 bits per heavy atom. The molecule has 0 saturated heterocycles. The molecule has 1 aromatic carbocycles. The summed E-state index contributed by atoms with van der Waals surface area (Å²) in [6.07, 6.45) is 2.82. The number of ether oxygens (including phenoxy) is 1. The van der Waals surface area contributed by atoms with Gasteiger partial charge in [0.25, 0.3) is 0 Å². The van der Waals surface area contributed by atoms with Gasteiger partial charge in [0.1, 0.15) is 19.0 Å². The lowest BCUT2D eigenvalue weighted by molar-refractivity contribution is 0.273. The van der Waals surface area contributed by atoms with Gasteiger partial charge in [0.2, 0.25) is 0 Å². The third-order valence-electron chi connectivity index (χ3n) is 2.23. The molecule has 0 saturated carbocycles. The van der Waals surface area contributed by atoms with E-state index in [1.54, 1.807) is 0 Å². The van der Waals surface area contributed by atoms with E-state index in [0.717, 1.165) is 25.0 Å². The molecular formula is C13H18FNO. The molecule has 0 aliphatic heterocycles. The molecule has 0 unspecified atom stereocenters. The van der Waals surface area contributed by atoms with Crippen LogP contribution in [0.4, 0.5) is 4.39 Å². The minimum atomic E-state index is -0.458. The van der Waals surface area contributed by atoms with Crippen molar-refractivity contribution in [1.29, 1.82) is 0 Å². The smallest absolute Gasteiger partial charge is 0.123 e. The molecule has 3 heteroatoms. The zero-order valence-corrected chi connectivity index (χ0v) is 9.42. The van der Waals surface area contributed by atoms with E-state index in [4.69, 9.17) is 10.5 Å². The minimum Gasteiger partial charge on any atom is -0.491 e. The topological polar surface area (TPSA) is 35.2 Å². The summed E-state index contributed by atoms with van der Waals surface area (Å²) in [5.74, 6) is 0.713. The summed E-state index contributed by atoms with van der Waals surface area (Å²) in [4.78, 5) is 0. The number of benzene rings is 1. The fourth-order valence-corrected chi connectivity index (χ4v) is 1.43. The van der Waals surface area contributed by atoms with Crippen LogP contribution in [0, 0.1) is 0 Å². The minimum absolute atomic E-state index is 0.117. The summed E-state index contributed by atoms with van der Waals surface area (Å²) in [6.45, 7) is 3.32. The van der Waals surface area contributed by atoms with E-state index in [-0.39, 0.29) is 6.61 Å². The first-order valence-corrected chi connectivity index (χ1v) is 5.43. The van der Waals surface area contributed by atoms with Crippen molar-refractivity contribution in [3.63, 3.8) is 0 Å². The molecule has 0 atom stereocenters. The van der Waals surface area contributed by atoms with Gasteiger partial charge in [0, 0.05) is 5.70 Å². The zero-order chi connectivity index (χ0) is 11.8. The SMILES string of the molecule is C=C(N)CCCc1ccc(OCCF)cc1. The van der Waals surface area contributed by atoms with Gasteiger partial charge < -0.3 is 10.5 Å². The fraction of sp³-hybridized carbons (Fsp3) is 0.385. The molecule has 0 aliphatic rings. The molecule has 0 aliphatic carbocycles. The van der Waals surface area contributed by atoms with Crippen molar-refractivity contribution in [2.75, 3.05) is 13.3 Å². The molecule has 1 aromatic rings. The van der Waals surface area contributed by atoms with Gasteiger partial charge in [-0.25, -0.2) is 4.39 Å². The Kier molecular flexibility index (Phi) is 5.40. The van der Waals surface area contributed by atoms with E-state index in [9.17, 15) is 4.39 Å². The van der Waals surface area contributed by atoms with Crippen LogP contribution in [0.1, 0.15) is 18.4 Å². The first-order chi connectivity index (χ1) is 7.72. The van der Waals surface area contributed by atoms with Crippen LogP contribution >= 0.6 is 0 Å². The third-order valence-corrected chi connectivity index (χ3v) is 2.23. The quantitative estimate of drug-likeness (QED) is 0.771. The molecule has 88 valence electrons. The second kappa shape index (κ2) is 6.88. The van der Waals surface area contributed by atoms with Crippen molar-refractivity contribution in [3.8, 4) is 5.75 Å². The maximum atomic E-state index is 11.9. The van der Waals surface area contributed by atoms with Crippen LogP contribution in [0.3, 0.4) is 0 Å². The predicted octanol–water partition coefficient (Wildman–Crippen LogP) is 2.83. The van der Waals surface area contributed by atoms with Gasteiger partial charge in [0.15, 0.2) is 0 Å². The fourth-order valence-electron chi connectivity index (χ4n) is 1.43. The monoisotopic (exact) mass is 223 g/mol. The highest BCUT2D eigenvalue weighted by atomic mass is 19.1. The van der Waals surface area contributed by atoms with Gasteiger partial charge in [-0.2, -0.15) is 0 Å². The third kappa shape index (κ3) is 4.82. The van der Waals surface area contributed by atoms with Gasteiger partial charge in [-0.05, 0) is 37.0 Å². The summed E-state index contributed by atoms with van der Waals surface area (Å²) in [5, 5.41) is 0. The highest BCUT2D eigenvalue weighted by Gasteiger charge is 1.96. The molecule has 0 aromatic heterocycles. The molecular weight excluding hydrogens is 205 g/mol. The standard InChI is InChI=1S/C13H18FNO/c1-11(15)3-2-4-12-5-7-13(8-6-12)16-10-9-14/h5-8H,1-4,9-10,15H2. The number of nitrogens with two attached hydrogens (primary N) is 1. The maximum Gasteiger partial charge on any atom is 0.123 e. The van der Waals surface area contributed by atoms with Crippen molar-refractivity contribution >= 4 is 0 Å². The predicted molar refractivity (Wildman–Crippen MR) is 64.2 cm³/mol. The molecule has 0 radical (unpaired) electrons.